The van der Waals surface area contributed by atoms with Gasteiger partial charge in [0.05, 0.1) is 6.04 Å². The molecule has 1 heterocycles. The van der Waals surface area contributed by atoms with E-state index >= 15 is 0 Å². The highest BCUT2D eigenvalue weighted by Gasteiger charge is 2.20. The number of furan rings is 1. The van der Waals surface area contributed by atoms with Crippen LogP contribution >= 0.6 is 0 Å². The molecule has 108 valence electrons. The zero-order valence-electron chi connectivity index (χ0n) is 13.0. The summed E-state index contributed by atoms with van der Waals surface area (Å²) in [5.41, 5.74) is 3.97. The van der Waals surface area contributed by atoms with E-state index in [4.69, 9.17) is 4.42 Å². The summed E-state index contributed by atoms with van der Waals surface area (Å²) in [6, 6.07) is 10.8. The quantitative estimate of drug-likeness (QED) is 0.834. The minimum Gasteiger partial charge on any atom is -0.464 e. The third-order valence-corrected chi connectivity index (χ3v) is 3.74. The summed E-state index contributed by atoms with van der Waals surface area (Å²) < 4.78 is 5.99. The number of hydrogen-bond donors (Lipinski definition) is 1. The molecule has 2 heteroatoms. The van der Waals surface area contributed by atoms with Crippen molar-refractivity contribution in [1.29, 1.82) is 0 Å². The van der Waals surface area contributed by atoms with Gasteiger partial charge < -0.3 is 9.73 Å². The number of nitrogens with one attached hydrogen (secondary N) is 1. The first kappa shape index (κ1) is 14.9. The summed E-state index contributed by atoms with van der Waals surface area (Å²) >= 11 is 0. The molecule has 0 aliphatic heterocycles. The van der Waals surface area contributed by atoms with Gasteiger partial charge >= 0.3 is 0 Å². The van der Waals surface area contributed by atoms with Crippen molar-refractivity contribution in [3.63, 3.8) is 0 Å². The zero-order valence-corrected chi connectivity index (χ0v) is 13.0. The van der Waals surface area contributed by atoms with Gasteiger partial charge in [-0.15, -0.1) is 0 Å². The lowest BCUT2D eigenvalue weighted by molar-refractivity contribution is 0.420. The lowest BCUT2D eigenvalue weighted by Crippen LogP contribution is -2.24. The van der Waals surface area contributed by atoms with Crippen molar-refractivity contribution in [3.8, 4) is 0 Å². The van der Waals surface area contributed by atoms with Crippen LogP contribution in [-0.2, 0) is 6.42 Å². The Hall–Kier alpha value is -1.54. The van der Waals surface area contributed by atoms with Crippen LogP contribution in [0.4, 0.5) is 0 Å². The SMILES string of the molecule is CCCNC(c1ccc(CC)o1)c1c(C)cccc1C. The van der Waals surface area contributed by atoms with E-state index in [-0.39, 0.29) is 6.04 Å². The van der Waals surface area contributed by atoms with Gasteiger partial charge in [-0.25, -0.2) is 0 Å². The molecule has 1 atom stereocenters. The highest BCUT2D eigenvalue weighted by molar-refractivity contribution is 5.40. The standard InChI is InChI=1S/C18H25NO/c1-5-12-19-18(16-11-10-15(6-2)20-16)17-13(3)8-7-9-14(17)4/h7-11,18-19H,5-6,12H2,1-4H3. The highest BCUT2D eigenvalue weighted by atomic mass is 16.3. The molecule has 0 spiro atoms. The Kier molecular flexibility index (Phi) is 5.02. The predicted molar refractivity (Wildman–Crippen MR) is 84.1 cm³/mol. The first-order chi connectivity index (χ1) is 9.67. The van der Waals surface area contributed by atoms with Gasteiger partial charge in [0, 0.05) is 6.42 Å². The molecule has 2 rings (SSSR count). The lowest BCUT2D eigenvalue weighted by atomic mass is 9.94. The number of aryl methyl sites for hydroxylation is 3. The van der Waals surface area contributed by atoms with Gasteiger partial charge in [-0.1, -0.05) is 32.0 Å². The van der Waals surface area contributed by atoms with E-state index in [1.807, 2.05) is 0 Å². The maximum atomic E-state index is 5.99. The van der Waals surface area contributed by atoms with Crippen LogP contribution in [0.15, 0.2) is 34.7 Å². The molecule has 0 radical (unpaired) electrons. The van der Waals surface area contributed by atoms with Gasteiger partial charge in [0.1, 0.15) is 11.5 Å². The van der Waals surface area contributed by atoms with Crippen LogP contribution in [0.1, 0.15) is 54.5 Å². The first-order valence-electron chi connectivity index (χ1n) is 7.55. The third kappa shape index (κ3) is 3.13. The molecule has 0 bridgehead atoms. The summed E-state index contributed by atoms with van der Waals surface area (Å²) in [6.07, 6.45) is 2.05. The maximum Gasteiger partial charge on any atom is 0.125 e. The van der Waals surface area contributed by atoms with Gasteiger partial charge in [0.25, 0.3) is 0 Å². The van der Waals surface area contributed by atoms with Crippen LogP contribution in [0.2, 0.25) is 0 Å². The van der Waals surface area contributed by atoms with Crippen molar-refractivity contribution in [3.05, 3.63) is 58.5 Å². The van der Waals surface area contributed by atoms with Gasteiger partial charge in [-0.2, -0.15) is 0 Å². The summed E-state index contributed by atoms with van der Waals surface area (Å²) in [5, 5.41) is 3.63. The molecule has 20 heavy (non-hydrogen) atoms. The molecule has 0 aliphatic carbocycles. The number of benzene rings is 1. The average molecular weight is 271 g/mol. The Bertz CT molecular complexity index is 536. The van der Waals surface area contributed by atoms with Gasteiger partial charge in [-0.3, -0.25) is 0 Å². The Labute approximate surface area is 122 Å². The second-order valence-corrected chi connectivity index (χ2v) is 5.35. The highest BCUT2D eigenvalue weighted by Crippen LogP contribution is 2.29. The minimum absolute atomic E-state index is 0.149. The molecule has 0 saturated heterocycles. The molecular formula is C18H25NO. The normalized spacial score (nSPS) is 12.6. The Morgan fingerprint density at radius 3 is 2.30 bits per heavy atom. The predicted octanol–water partition coefficient (Wildman–Crippen LogP) is 4.55. The molecule has 1 unspecified atom stereocenters. The molecule has 1 aromatic heterocycles. The van der Waals surface area contributed by atoms with Crippen LogP contribution in [0.5, 0.6) is 0 Å². The summed E-state index contributed by atoms with van der Waals surface area (Å²) in [7, 11) is 0. The Morgan fingerprint density at radius 1 is 1.05 bits per heavy atom. The fourth-order valence-electron chi connectivity index (χ4n) is 2.66. The fourth-order valence-corrected chi connectivity index (χ4v) is 2.66. The van der Waals surface area contributed by atoms with Crippen molar-refractivity contribution in [2.45, 2.75) is 46.6 Å². The van der Waals surface area contributed by atoms with E-state index in [0.29, 0.717) is 0 Å². The van der Waals surface area contributed by atoms with Crippen LogP contribution < -0.4 is 5.32 Å². The summed E-state index contributed by atoms with van der Waals surface area (Å²) in [6.45, 7) is 9.64. The number of hydrogen-bond acceptors (Lipinski definition) is 2. The van der Waals surface area contributed by atoms with Crippen LogP contribution in [0.25, 0.3) is 0 Å². The zero-order chi connectivity index (χ0) is 14.5. The molecule has 1 aromatic carbocycles. The first-order valence-corrected chi connectivity index (χ1v) is 7.55. The van der Waals surface area contributed by atoms with Crippen molar-refractivity contribution < 1.29 is 4.42 Å². The van der Waals surface area contributed by atoms with Crippen LogP contribution in [0, 0.1) is 13.8 Å². The molecule has 2 nitrogen and oxygen atoms in total. The third-order valence-electron chi connectivity index (χ3n) is 3.74. The molecular weight excluding hydrogens is 246 g/mol. The van der Waals surface area contributed by atoms with Crippen LogP contribution in [-0.4, -0.2) is 6.54 Å². The van der Waals surface area contributed by atoms with E-state index in [2.05, 4.69) is 63.3 Å². The molecule has 0 saturated carbocycles. The second-order valence-electron chi connectivity index (χ2n) is 5.35. The van der Waals surface area contributed by atoms with Crippen molar-refractivity contribution in [2.75, 3.05) is 6.54 Å². The minimum atomic E-state index is 0.149. The van der Waals surface area contributed by atoms with Crippen molar-refractivity contribution in [1.82, 2.24) is 5.32 Å². The van der Waals surface area contributed by atoms with Gasteiger partial charge in [-0.05, 0) is 55.6 Å². The molecule has 2 aromatic rings. The second kappa shape index (κ2) is 6.76. The molecule has 0 aliphatic rings. The van der Waals surface area contributed by atoms with Crippen molar-refractivity contribution in [2.24, 2.45) is 0 Å². The van der Waals surface area contributed by atoms with E-state index in [1.165, 1.54) is 16.7 Å². The largest absolute Gasteiger partial charge is 0.464 e. The monoisotopic (exact) mass is 271 g/mol. The number of rotatable bonds is 6. The van der Waals surface area contributed by atoms with Crippen LogP contribution in [0.3, 0.4) is 0 Å². The Balaban J connectivity index is 2.41. The molecule has 0 fully saturated rings. The smallest absolute Gasteiger partial charge is 0.125 e. The lowest BCUT2D eigenvalue weighted by Gasteiger charge is -2.21. The maximum absolute atomic E-state index is 5.99. The average Bonchev–Trinajstić information content (AvgIpc) is 2.90. The van der Waals surface area contributed by atoms with E-state index in [1.54, 1.807) is 0 Å². The fraction of sp³-hybridized carbons (Fsp3) is 0.444. The topological polar surface area (TPSA) is 25.2 Å². The van der Waals surface area contributed by atoms with Crippen molar-refractivity contribution >= 4 is 0 Å². The summed E-state index contributed by atoms with van der Waals surface area (Å²) in [5.74, 6) is 2.07. The Morgan fingerprint density at radius 2 is 1.75 bits per heavy atom. The van der Waals surface area contributed by atoms with E-state index in [9.17, 15) is 0 Å². The molecule has 1 N–H and O–H groups in total. The van der Waals surface area contributed by atoms with E-state index in [0.717, 1.165) is 30.9 Å². The van der Waals surface area contributed by atoms with Gasteiger partial charge in [0.15, 0.2) is 0 Å². The van der Waals surface area contributed by atoms with Gasteiger partial charge in [0.2, 0.25) is 0 Å². The summed E-state index contributed by atoms with van der Waals surface area (Å²) in [4.78, 5) is 0. The van der Waals surface area contributed by atoms with E-state index < -0.39 is 0 Å². The molecule has 0 amide bonds.